The van der Waals surface area contributed by atoms with Crippen LogP contribution in [-0.2, 0) is 9.53 Å². The van der Waals surface area contributed by atoms with Gasteiger partial charge in [-0.1, -0.05) is 0 Å². The third kappa shape index (κ3) is 2.97. The van der Waals surface area contributed by atoms with Gasteiger partial charge in [0.15, 0.2) is 0 Å². The number of methoxy groups -OCH3 is 1. The molecule has 2 N–H and O–H groups in total. The fraction of sp³-hybridized carbons (Fsp3) is 0.889. The molecule has 0 radical (unpaired) electrons. The third-order valence-electron chi connectivity index (χ3n) is 2.67. The van der Waals surface area contributed by atoms with Crippen molar-refractivity contribution in [1.82, 2.24) is 4.90 Å². The molecular weight excluding hydrogens is 168 g/mol. The first-order valence-corrected chi connectivity index (χ1v) is 4.64. The number of likely N-dealkylation sites (tertiary alicyclic amines) is 1. The number of nitrogens with zero attached hydrogens (tertiary/aromatic N) is 1. The number of ether oxygens (including phenoxy) is 1. The van der Waals surface area contributed by atoms with E-state index in [1.165, 1.54) is 7.11 Å². The van der Waals surface area contributed by atoms with Crippen LogP contribution < -0.4 is 5.73 Å². The lowest BCUT2D eigenvalue weighted by atomic mass is 9.90. The summed E-state index contributed by atoms with van der Waals surface area (Å²) in [7, 11) is 3.47. The Morgan fingerprint density at radius 3 is 2.92 bits per heavy atom. The van der Waals surface area contributed by atoms with Gasteiger partial charge in [0, 0.05) is 19.0 Å². The van der Waals surface area contributed by atoms with Crippen LogP contribution in [0.5, 0.6) is 0 Å². The Morgan fingerprint density at radius 2 is 2.38 bits per heavy atom. The second-order valence-electron chi connectivity index (χ2n) is 3.76. The van der Waals surface area contributed by atoms with Gasteiger partial charge >= 0.3 is 5.97 Å². The molecule has 0 aromatic rings. The van der Waals surface area contributed by atoms with Gasteiger partial charge in [-0.15, -0.1) is 0 Å². The molecule has 1 fully saturated rings. The number of hydrogen-bond acceptors (Lipinski definition) is 4. The predicted molar refractivity (Wildman–Crippen MR) is 50.2 cm³/mol. The van der Waals surface area contributed by atoms with E-state index < -0.39 is 0 Å². The summed E-state index contributed by atoms with van der Waals surface area (Å²) in [5.74, 6) is 0.147. The molecule has 0 saturated carbocycles. The van der Waals surface area contributed by atoms with E-state index in [9.17, 15) is 4.79 Å². The molecule has 0 amide bonds. The van der Waals surface area contributed by atoms with E-state index in [-0.39, 0.29) is 12.0 Å². The second kappa shape index (κ2) is 4.58. The van der Waals surface area contributed by atoms with E-state index in [1.54, 1.807) is 0 Å². The quantitative estimate of drug-likeness (QED) is 0.608. The van der Waals surface area contributed by atoms with Crippen molar-refractivity contribution in [2.75, 3.05) is 27.2 Å². The number of carbonyl (C=O) groups excluding carboxylic acids is 1. The number of nitrogens with two attached hydrogens (primary N) is 1. The topological polar surface area (TPSA) is 55.6 Å². The number of rotatable bonds is 2. The highest BCUT2D eigenvalue weighted by molar-refractivity contribution is 5.69. The summed E-state index contributed by atoms with van der Waals surface area (Å²) < 4.78 is 4.62. The fourth-order valence-electron chi connectivity index (χ4n) is 1.75. The minimum atomic E-state index is -0.148. The highest BCUT2D eigenvalue weighted by Crippen LogP contribution is 2.18. The lowest BCUT2D eigenvalue weighted by Gasteiger charge is -2.33. The van der Waals surface area contributed by atoms with E-state index in [2.05, 4.69) is 9.64 Å². The number of piperidine rings is 1. The van der Waals surface area contributed by atoms with E-state index >= 15 is 0 Å². The fourth-order valence-corrected chi connectivity index (χ4v) is 1.75. The first kappa shape index (κ1) is 10.5. The van der Waals surface area contributed by atoms with Crippen molar-refractivity contribution in [3.63, 3.8) is 0 Å². The van der Waals surface area contributed by atoms with Gasteiger partial charge in [0.25, 0.3) is 0 Å². The van der Waals surface area contributed by atoms with E-state index in [0.29, 0.717) is 12.3 Å². The molecule has 0 aliphatic carbocycles. The zero-order chi connectivity index (χ0) is 9.84. The first-order chi connectivity index (χ1) is 6.13. The molecule has 1 rings (SSSR count). The summed E-state index contributed by atoms with van der Waals surface area (Å²) in [4.78, 5) is 13.2. The Balaban J connectivity index is 2.38. The Labute approximate surface area is 79.0 Å². The standard InChI is InChI=1S/C9H18N2O2/c1-11-4-3-7(8(10)6-11)5-9(12)13-2/h7-8H,3-6,10H2,1-2H3/t7-,8+/m1/s1. The van der Waals surface area contributed by atoms with E-state index in [4.69, 9.17) is 5.73 Å². The Bertz CT molecular complexity index is 184. The molecule has 1 aliphatic heterocycles. The minimum absolute atomic E-state index is 0.109. The summed E-state index contributed by atoms with van der Waals surface area (Å²) in [6, 6.07) is 0.109. The largest absolute Gasteiger partial charge is 0.469 e. The zero-order valence-corrected chi connectivity index (χ0v) is 8.32. The van der Waals surface area contributed by atoms with Crippen LogP contribution in [0.15, 0.2) is 0 Å². The van der Waals surface area contributed by atoms with Crippen LogP contribution in [0.4, 0.5) is 0 Å². The van der Waals surface area contributed by atoms with Crippen LogP contribution >= 0.6 is 0 Å². The van der Waals surface area contributed by atoms with Crippen LogP contribution in [0.3, 0.4) is 0 Å². The molecule has 2 atom stereocenters. The van der Waals surface area contributed by atoms with Gasteiger partial charge < -0.3 is 15.4 Å². The van der Waals surface area contributed by atoms with E-state index in [1.807, 2.05) is 7.05 Å². The first-order valence-electron chi connectivity index (χ1n) is 4.64. The highest BCUT2D eigenvalue weighted by atomic mass is 16.5. The van der Waals surface area contributed by atoms with Crippen LogP contribution in [0.25, 0.3) is 0 Å². The summed E-state index contributed by atoms with van der Waals surface area (Å²) >= 11 is 0. The maximum atomic E-state index is 11.0. The average Bonchev–Trinajstić information content (AvgIpc) is 2.09. The number of carbonyl (C=O) groups is 1. The molecule has 4 heteroatoms. The number of esters is 1. The summed E-state index contributed by atoms with van der Waals surface area (Å²) in [5.41, 5.74) is 5.92. The molecule has 0 spiro atoms. The lowest BCUT2D eigenvalue weighted by Crippen LogP contribution is -2.47. The van der Waals surface area contributed by atoms with Crippen LogP contribution in [0.2, 0.25) is 0 Å². The third-order valence-corrected chi connectivity index (χ3v) is 2.67. The van der Waals surface area contributed by atoms with Crippen molar-refractivity contribution in [1.29, 1.82) is 0 Å². The molecule has 1 aliphatic rings. The highest BCUT2D eigenvalue weighted by Gasteiger charge is 2.26. The molecule has 1 saturated heterocycles. The molecule has 76 valence electrons. The van der Waals surface area contributed by atoms with Crippen molar-refractivity contribution >= 4 is 5.97 Å². The Morgan fingerprint density at radius 1 is 1.69 bits per heavy atom. The monoisotopic (exact) mass is 186 g/mol. The molecule has 1 heterocycles. The second-order valence-corrected chi connectivity index (χ2v) is 3.76. The summed E-state index contributed by atoms with van der Waals surface area (Å²) in [5, 5.41) is 0. The minimum Gasteiger partial charge on any atom is -0.469 e. The van der Waals surface area contributed by atoms with Gasteiger partial charge in [-0.2, -0.15) is 0 Å². The molecule has 0 aromatic heterocycles. The number of hydrogen-bond donors (Lipinski definition) is 1. The smallest absolute Gasteiger partial charge is 0.305 e. The Kier molecular flexibility index (Phi) is 3.69. The summed E-state index contributed by atoms with van der Waals surface area (Å²) in [6.45, 7) is 1.90. The van der Waals surface area contributed by atoms with E-state index in [0.717, 1.165) is 19.5 Å². The van der Waals surface area contributed by atoms with Crippen molar-refractivity contribution < 1.29 is 9.53 Å². The molecule has 13 heavy (non-hydrogen) atoms. The van der Waals surface area contributed by atoms with Gasteiger partial charge in [0.2, 0.25) is 0 Å². The molecule has 0 aromatic carbocycles. The van der Waals surface area contributed by atoms with Gasteiger partial charge in [0.1, 0.15) is 0 Å². The van der Waals surface area contributed by atoms with Crippen LogP contribution in [0.1, 0.15) is 12.8 Å². The molecular formula is C9H18N2O2. The lowest BCUT2D eigenvalue weighted by molar-refractivity contribution is -0.142. The SMILES string of the molecule is COC(=O)C[C@H]1CCN(C)C[C@@H]1N. The van der Waals surface area contributed by atoms with Crippen molar-refractivity contribution in [3.05, 3.63) is 0 Å². The predicted octanol–water partition coefficient (Wildman–Crippen LogP) is -0.171. The van der Waals surface area contributed by atoms with Gasteiger partial charge in [-0.25, -0.2) is 0 Å². The molecule has 0 unspecified atom stereocenters. The van der Waals surface area contributed by atoms with Crippen molar-refractivity contribution in [3.8, 4) is 0 Å². The van der Waals surface area contributed by atoms with Gasteiger partial charge in [0.05, 0.1) is 7.11 Å². The van der Waals surface area contributed by atoms with Crippen LogP contribution in [-0.4, -0.2) is 44.2 Å². The molecule has 4 nitrogen and oxygen atoms in total. The number of likely N-dealkylation sites (N-methyl/N-ethyl adjacent to an activating group) is 1. The average molecular weight is 186 g/mol. The van der Waals surface area contributed by atoms with Gasteiger partial charge in [-0.05, 0) is 25.9 Å². The maximum Gasteiger partial charge on any atom is 0.305 e. The zero-order valence-electron chi connectivity index (χ0n) is 8.32. The molecule has 0 bridgehead atoms. The Hall–Kier alpha value is -0.610. The van der Waals surface area contributed by atoms with Crippen molar-refractivity contribution in [2.24, 2.45) is 11.7 Å². The van der Waals surface area contributed by atoms with Crippen molar-refractivity contribution in [2.45, 2.75) is 18.9 Å². The van der Waals surface area contributed by atoms with Crippen LogP contribution in [0, 0.1) is 5.92 Å². The van der Waals surface area contributed by atoms with Gasteiger partial charge in [-0.3, -0.25) is 4.79 Å². The summed E-state index contributed by atoms with van der Waals surface area (Å²) in [6.07, 6.45) is 1.46. The normalized spacial score (nSPS) is 30.1. The maximum absolute atomic E-state index is 11.0.